The van der Waals surface area contributed by atoms with Crippen LogP contribution in [0.5, 0.6) is 0 Å². The number of thiazole rings is 1. The molecule has 0 radical (unpaired) electrons. The van der Waals surface area contributed by atoms with Gasteiger partial charge in [0.05, 0.1) is 10.2 Å². The Labute approximate surface area is 131 Å². The molecule has 20 heavy (non-hydrogen) atoms. The van der Waals surface area contributed by atoms with Crippen molar-refractivity contribution in [2.75, 3.05) is 7.05 Å². The maximum absolute atomic E-state index is 6.28. The number of hydrogen-bond acceptors (Lipinski definition) is 4. The van der Waals surface area contributed by atoms with E-state index in [0.29, 0.717) is 0 Å². The zero-order valence-electron chi connectivity index (χ0n) is 10.9. The van der Waals surface area contributed by atoms with Crippen molar-refractivity contribution < 1.29 is 0 Å². The quantitative estimate of drug-likeness (QED) is 0.746. The Morgan fingerprint density at radius 1 is 1.20 bits per heavy atom. The van der Waals surface area contributed by atoms with E-state index in [-0.39, 0.29) is 0 Å². The third-order valence-corrected chi connectivity index (χ3v) is 5.45. The number of hydrogen-bond donors (Lipinski definition) is 1. The summed E-state index contributed by atoms with van der Waals surface area (Å²) in [5, 5.41) is 3.96. The third-order valence-electron chi connectivity index (χ3n) is 2.90. The van der Waals surface area contributed by atoms with E-state index in [1.54, 1.807) is 23.1 Å². The summed E-state index contributed by atoms with van der Waals surface area (Å²) in [5.41, 5.74) is 2.18. The summed E-state index contributed by atoms with van der Waals surface area (Å²) in [4.78, 5) is 5.82. The van der Waals surface area contributed by atoms with Gasteiger partial charge in [0.15, 0.2) is 4.34 Å². The van der Waals surface area contributed by atoms with Gasteiger partial charge >= 0.3 is 0 Å². The minimum absolute atomic E-state index is 0.757. The largest absolute Gasteiger partial charge is 0.316 e. The molecule has 0 aliphatic carbocycles. The lowest BCUT2D eigenvalue weighted by atomic mass is 10.2. The third kappa shape index (κ3) is 2.83. The first-order valence-electron chi connectivity index (χ1n) is 6.23. The van der Waals surface area contributed by atoms with Crippen molar-refractivity contribution in [2.24, 2.45) is 0 Å². The molecule has 102 valence electrons. The number of nitrogens with one attached hydrogen (secondary N) is 1. The van der Waals surface area contributed by atoms with Gasteiger partial charge in [-0.2, -0.15) is 0 Å². The second-order valence-electron chi connectivity index (χ2n) is 4.30. The lowest BCUT2D eigenvalue weighted by molar-refractivity contribution is 0.803. The predicted molar refractivity (Wildman–Crippen MR) is 88.0 cm³/mol. The van der Waals surface area contributed by atoms with Crippen molar-refractivity contribution in [3.63, 3.8) is 0 Å². The fourth-order valence-corrected chi connectivity index (χ4v) is 4.46. The van der Waals surface area contributed by atoms with Gasteiger partial charge in [-0.15, -0.1) is 11.3 Å². The summed E-state index contributed by atoms with van der Waals surface area (Å²) in [5.74, 6) is 0. The number of fused-ring (bicyclic) bond motifs is 1. The molecule has 1 N–H and O–H groups in total. The summed E-state index contributed by atoms with van der Waals surface area (Å²) >= 11 is 9.67. The van der Waals surface area contributed by atoms with Gasteiger partial charge in [0.25, 0.3) is 0 Å². The Bertz CT molecular complexity index is 707. The molecule has 0 amide bonds. The van der Waals surface area contributed by atoms with Crippen molar-refractivity contribution in [2.45, 2.75) is 15.8 Å². The molecule has 2 nitrogen and oxygen atoms in total. The molecule has 3 aromatic rings. The molecule has 0 aliphatic rings. The molecule has 0 bridgehead atoms. The van der Waals surface area contributed by atoms with Crippen LogP contribution in [0.3, 0.4) is 0 Å². The minimum Gasteiger partial charge on any atom is -0.316 e. The van der Waals surface area contributed by atoms with Crippen LogP contribution >= 0.6 is 34.7 Å². The van der Waals surface area contributed by atoms with E-state index < -0.39 is 0 Å². The molecule has 0 saturated heterocycles. The van der Waals surface area contributed by atoms with Crippen molar-refractivity contribution >= 4 is 44.9 Å². The molecular weight excluding hydrogens is 308 g/mol. The molecule has 0 atom stereocenters. The van der Waals surface area contributed by atoms with Crippen molar-refractivity contribution in [1.82, 2.24) is 10.3 Å². The van der Waals surface area contributed by atoms with E-state index in [4.69, 9.17) is 11.6 Å². The van der Waals surface area contributed by atoms with E-state index in [9.17, 15) is 0 Å². The highest BCUT2D eigenvalue weighted by atomic mass is 35.5. The zero-order chi connectivity index (χ0) is 13.9. The highest BCUT2D eigenvalue weighted by Crippen LogP contribution is 2.37. The van der Waals surface area contributed by atoms with Gasteiger partial charge in [-0.3, -0.25) is 0 Å². The van der Waals surface area contributed by atoms with Crippen LogP contribution in [-0.2, 0) is 6.54 Å². The Kier molecular flexibility index (Phi) is 4.27. The zero-order valence-corrected chi connectivity index (χ0v) is 13.3. The van der Waals surface area contributed by atoms with E-state index in [0.717, 1.165) is 31.9 Å². The van der Waals surface area contributed by atoms with Gasteiger partial charge in [-0.05, 0) is 36.9 Å². The number of aromatic nitrogens is 1. The SMILES string of the molecule is CNCc1c(Cl)cccc1Sc1nc2ccccc2s1. The van der Waals surface area contributed by atoms with Crippen LogP contribution in [0.15, 0.2) is 51.7 Å². The van der Waals surface area contributed by atoms with Crippen LogP contribution in [-0.4, -0.2) is 12.0 Å². The van der Waals surface area contributed by atoms with Crippen LogP contribution in [0.4, 0.5) is 0 Å². The first kappa shape index (κ1) is 13.9. The highest BCUT2D eigenvalue weighted by Gasteiger charge is 2.10. The lowest BCUT2D eigenvalue weighted by Crippen LogP contribution is -2.06. The summed E-state index contributed by atoms with van der Waals surface area (Å²) in [6.45, 7) is 0.757. The molecule has 0 fully saturated rings. The van der Waals surface area contributed by atoms with Crippen LogP contribution in [0.1, 0.15) is 5.56 Å². The average Bonchev–Trinajstić information content (AvgIpc) is 2.85. The van der Waals surface area contributed by atoms with E-state index in [1.807, 2.05) is 37.4 Å². The van der Waals surface area contributed by atoms with E-state index in [2.05, 4.69) is 22.4 Å². The highest BCUT2D eigenvalue weighted by molar-refractivity contribution is 8.01. The predicted octanol–water partition coefficient (Wildman–Crippen LogP) is 4.82. The molecule has 0 aliphatic heterocycles. The number of halogens is 1. The van der Waals surface area contributed by atoms with E-state index >= 15 is 0 Å². The first-order chi connectivity index (χ1) is 9.78. The normalized spacial score (nSPS) is 11.1. The van der Waals surface area contributed by atoms with Gasteiger partial charge in [-0.1, -0.05) is 41.6 Å². The number of para-hydroxylation sites is 1. The van der Waals surface area contributed by atoms with Gasteiger partial charge in [0, 0.05) is 16.5 Å². The standard InChI is InChI=1S/C15H13ClN2S2/c1-17-9-10-11(16)5-4-8-13(10)19-15-18-12-6-2-3-7-14(12)20-15/h2-8,17H,9H2,1H3. The summed E-state index contributed by atoms with van der Waals surface area (Å²) in [6.07, 6.45) is 0. The second kappa shape index (κ2) is 6.14. The fraction of sp³-hybridized carbons (Fsp3) is 0.133. The van der Waals surface area contributed by atoms with Crippen LogP contribution in [0, 0.1) is 0 Å². The van der Waals surface area contributed by atoms with Crippen molar-refractivity contribution in [3.05, 3.63) is 53.1 Å². The van der Waals surface area contributed by atoms with Gasteiger partial charge < -0.3 is 5.32 Å². The molecule has 5 heteroatoms. The van der Waals surface area contributed by atoms with Gasteiger partial charge in [-0.25, -0.2) is 4.98 Å². The lowest BCUT2D eigenvalue weighted by Gasteiger charge is -2.09. The van der Waals surface area contributed by atoms with Crippen LogP contribution in [0.25, 0.3) is 10.2 Å². The number of rotatable bonds is 4. The molecule has 1 aromatic heterocycles. The Morgan fingerprint density at radius 3 is 2.85 bits per heavy atom. The van der Waals surface area contributed by atoms with Gasteiger partial charge in [0.1, 0.15) is 0 Å². The number of nitrogens with zero attached hydrogens (tertiary/aromatic N) is 1. The molecule has 0 spiro atoms. The molecule has 1 heterocycles. The summed E-state index contributed by atoms with van der Waals surface area (Å²) in [6, 6.07) is 14.2. The summed E-state index contributed by atoms with van der Waals surface area (Å²) in [7, 11) is 1.93. The second-order valence-corrected chi connectivity index (χ2v) is 7.02. The molecule has 0 unspecified atom stereocenters. The smallest absolute Gasteiger partial charge is 0.155 e. The van der Waals surface area contributed by atoms with Gasteiger partial charge in [0.2, 0.25) is 0 Å². The van der Waals surface area contributed by atoms with E-state index in [1.165, 1.54) is 4.70 Å². The molecule has 0 saturated carbocycles. The molecular formula is C15H13ClN2S2. The van der Waals surface area contributed by atoms with Crippen LogP contribution < -0.4 is 5.32 Å². The van der Waals surface area contributed by atoms with Crippen molar-refractivity contribution in [1.29, 1.82) is 0 Å². The Balaban J connectivity index is 1.96. The molecule has 2 aromatic carbocycles. The summed E-state index contributed by atoms with van der Waals surface area (Å²) < 4.78 is 2.26. The number of benzene rings is 2. The Morgan fingerprint density at radius 2 is 2.05 bits per heavy atom. The maximum atomic E-state index is 6.28. The maximum Gasteiger partial charge on any atom is 0.155 e. The van der Waals surface area contributed by atoms with Crippen LogP contribution in [0.2, 0.25) is 5.02 Å². The molecule has 3 rings (SSSR count). The first-order valence-corrected chi connectivity index (χ1v) is 8.24. The minimum atomic E-state index is 0.757. The fourth-order valence-electron chi connectivity index (χ4n) is 1.97. The van der Waals surface area contributed by atoms with Crippen molar-refractivity contribution in [3.8, 4) is 0 Å². The Hall–Kier alpha value is -1.07. The monoisotopic (exact) mass is 320 g/mol. The topological polar surface area (TPSA) is 24.9 Å². The average molecular weight is 321 g/mol.